The summed E-state index contributed by atoms with van der Waals surface area (Å²) in [7, 11) is -1.34. The Labute approximate surface area is 292 Å². The minimum Gasteiger partial charge on any atom is -0.305 e. The predicted octanol–water partition coefficient (Wildman–Crippen LogP) is 10.9. The van der Waals surface area contributed by atoms with E-state index in [9.17, 15) is 0 Å². The van der Waals surface area contributed by atoms with Gasteiger partial charge in [-0.1, -0.05) is 105 Å². The molecule has 0 aliphatic rings. The predicted molar refractivity (Wildman–Crippen MR) is 197 cm³/mol. The average molecular weight is 811 g/mol. The van der Waals surface area contributed by atoms with Gasteiger partial charge in [-0.05, 0) is 62.3 Å². The van der Waals surface area contributed by atoms with Gasteiger partial charge in [0.15, 0.2) is 0 Å². The summed E-state index contributed by atoms with van der Waals surface area (Å²) in [6.45, 7) is 11.7. The van der Waals surface area contributed by atoms with Crippen molar-refractivity contribution in [2.45, 2.75) is 39.9 Å². The van der Waals surface area contributed by atoms with Gasteiger partial charge < -0.3 is 9.97 Å². The van der Waals surface area contributed by atoms with Crippen LogP contribution in [0, 0.1) is 18.1 Å². The van der Waals surface area contributed by atoms with E-state index in [2.05, 4.69) is 129 Å². The van der Waals surface area contributed by atoms with Gasteiger partial charge in [-0.15, -0.1) is 59.7 Å². The van der Waals surface area contributed by atoms with Crippen molar-refractivity contribution in [1.29, 1.82) is 0 Å². The Morgan fingerprint density at radius 1 is 0.717 bits per heavy atom. The van der Waals surface area contributed by atoms with Gasteiger partial charge in [0.1, 0.15) is 0 Å². The summed E-state index contributed by atoms with van der Waals surface area (Å²) in [6.07, 6.45) is 5.07. The van der Waals surface area contributed by atoms with Gasteiger partial charge in [0.2, 0.25) is 0 Å². The largest absolute Gasteiger partial charge is 0.305 e. The second kappa shape index (κ2) is 14.8. The second-order valence-corrected chi connectivity index (χ2v) is 18.9. The molecule has 46 heavy (non-hydrogen) atoms. The van der Waals surface area contributed by atoms with E-state index in [1.165, 1.54) is 42.0 Å². The maximum absolute atomic E-state index is 4.69. The van der Waals surface area contributed by atoms with Crippen molar-refractivity contribution in [1.82, 2.24) is 9.97 Å². The molecule has 4 aromatic carbocycles. The molecule has 0 N–H and O–H groups in total. The SMILES string of the molecule is CC(C)Cc1cc(-c2[c-]cccc2)ncc1[Si](C)(C)C.[Ir].[c-]1ccc2c(sc3cc(-c4ccccc4)ccc32)c1-c1ccccn1. The molecule has 3 aromatic heterocycles. The first-order valence-electron chi connectivity index (χ1n) is 15.6. The van der Waals surface area contributed by atoms with Crippen molar-refractivity contribution in [2.75, 3.05) is 0 Å². The molecule has 0 unspecified atom stereocenters. The molecule has 0 saturated carbocycles. The van der Waals surface area contributed by atoms with Crippen LogP contribution in [-0.4, -0.2) is 18.0 Å². The van der Waals surface area contributed by atoms with Crippen LogP contribution in [0.25, 0.3) is 53.8 Å². The van der Waals surface area contributed by atoms with Crippen molar-refractivity contribution < 1.29 is 20.1 Å². The zero-order valence-corrected chi connectivity index (χ0v) is 31.2. The summed E-state index contributed by atoms with van der Waals surface area (Å²) >= 11 is 1.82. The number of pyridine rings is 2. The van der Waals surface area contributed by atoms with Crippen molar-refractivity contribution in [3.8, 4) is 33.6 Å². The van der Waals surface area contributed by atoms with E-state index >= 15 is 0 Å². The van der Waals surface area contributed by atoms with Crippen LogP contribution in [0.5, 0.6) is 0 Å². The van der Waals surface area contributed by atoms with Crippen molar-refractivity contribution >= 4 is 44.8 Å². The minimum atomic E-state index is -1.34. The number of rotatable bonds is 6. The molecule has 0 spiro atoms. The quantitative estimate of drug-likeness (QED) is 0.124. The first kappa shape index (κ1) is 33.6. The van der Waals surface area contributed by atoms with Crippen LogP contribution in [0.15, 0.2) is 122 Å². The molecule has 0 bridgehead atoms. The number of thiophene rings is 1. The zero-order chi connectivity index (χ0) is 31.4. The molecule has 7 rings (SSSR count). The number of aromatic nitrogens is 2. The normalized spacial score (nSPS) is 11.3. The zero-order valence-electron chi connectivity index (χ0n) is 27.0. The molecule has 233 valence electrons. The Kier molecular flexibility index (Phi) is 10.8. The standard InChI is InChI=1S/C23H14NS.C18H24NSi.Ir/c1-2-7-16(8-3-1)17-12-13-18-19-9-6-10-20(21-11-4-5-14-24-21)23(19)25-22(18)15-17;1-14(2)11-16-12-17(15-9-7-6-8-10-15)19-13-18(16)20(3,4)5;/h1-9,11-15H;6-9,12-14H,11H2,1-5H3;/q2*-1;. The second-order valence-electron chi connectivity index (χ2n) is 12.8. The fraction of sp³-hybridized carbons (Fsp3) is 0.171. The topological polar surface area (TPSA) is 25.8 Å². The van der Waals surface area contributed by atoms with Gasteiger partial charge >= 0.3 is 0 Å². The Bertz CT molecular complexity index is 2030. The third kappa shape index (κ3) is 7.62. The molecular formula is C41H38IrN2SSi-2. The fourth-order valence-electron chi connectivity index (χ4n) is 5.73. The fourth-order valence-corrected chi connectivity index (χ4v) is 8.57. The van der Waals surface area contributed by atoms with Crippen LogP contribution in [0.3, 0.4) is 0 Å². The Balaban J connectivity index is 0.000000182. The van der Waals surface area contributed by atoms with Crippen LogP contribution in [-0.2, 0) is 26.5 Å². The molecule has 0 aliphatic heterocycles. The summed E-state index contributed by atoms with van der Waals surface area (Å²) in [5, 5.41) is 4.07. The van der Waals surface area contributed by atoms with E-state index in [1.807, 2.05) is 60.0 Å². The molecule has 0 amide bonds. The molecule has 2 nitrogen and oxygen atoms in total. The Morgan fingerprint density at radius 2 is 1.50 bits per heavy atom. The van der Waals surface area contributed by atoms with Gasteiger partial charge in [0, 0.05) is 37.2 Å². The van der Waals surface area contributed by atoms with E-state index < -0.39 is 8.07 Å². The molecule has 3 heterocycles. The first-order valence-corrected chi connectivity index (χ1v) is 19.9. The third-order valence-electron chi connectivity index (χ3n) is 7.87. The van der Waals surface area contributed by atoms with Gasteiger partial charge in [0.25, 0.3) is 0 Å². The number of fused-ring (bicyclic) bond motifs is 3. The number of hydrogen-bond donors (Lipinski definition) is 0. The van der Waals surface area contributed by atoms with Gasteiger partial charge in [0.05, 0.1) is 8.07 Å². The van der Waals surface area contributed by atoms with Crippen LogP contribution >= 0.6 is 11.3 Å². The molecular weight excluding hydrogens is 773 g/mol. The molecule has 1 radical (unpaired) electrons. The van der Waals surface area contributed by atoms with Crippen LogP contribution < -0.4 is 5.19 Å². The molecule has 0 aliphatic carbocycles. The van der Waals surface area contributed by atoms with Crippen LogP contribution in [0.1, 0.15) is 19.4 Å². The van der Waals surface area contributed by atoms with Gasteiger partial charge in [-0.3, -0.25) is 0 Å². The monoisotopic (exact) mass is 811 g/mol. The molecule has 5 heteroatoms. The van der Waals surface area contributed by atoms with Gasteiger partial charge in [-0.2, -0.15) is 11.3 Å². The van der Waals surface area contributed by atoms with Crippen LogP contribution in [0.4, 0.5) is 0 Å². The number of hydrogen-bond acceptors (Lipinski definition) is 3. The third-order valence-corrected chi connectivity index (χ3v) is 11.1. The van der Waals surface area contributed by atoms with Crippen molar-refractivity contribution in [3.63, 3.8) is 0 Å². The number of nitrogens with zero attached hydrogens (tertiary/aromatic N) is 2. The summed E-state index contributed by atoms with van der Waals surface area (Å²) in [4.78, 5) is 9.20. The first-order chi connectivity index (χ1) is 21.8. The molecule has 7 aromatic rings. The van der Waals surface area contributed by atoms with E-state index in [-0.39, 0.29) is 20.1 Å². The minimum absolute atomic E-state index is 0. The van der Waals surface area contributed by atoms with E-state index in [0.29, 0.717) is 5.92 Å². The smallest absolute Gasteiger partial charge is 0.0798 e. The van der Waals surface area contributed by atoms with Crippen molar-refractivity contribution in [3.05, 3.63) is 139 Å². The summed E-state index contributed by atoms with van der Waals surface area (Å²) in [5.74, 6) is 0.667. The summed E-state index contributed by atoms with van der Waals surface area (Å²) in [5.41, 5.74) is 8.16. The molecule has 0 fully saturated rings. The summed E-state index contributed by atoms with van der Waals surface area (Å²) < 4.78 is 2.55. The van der Waals surface area contributed by atoms with E-state index in [0.717, 1.165) is 28.9 Å². The maximum atomic E-state index is 4.69. The average Bonchev–Trinajstić information content (AvgIpc) is 3.44. The van der Waals surface area contributed by atoms with E-state index in [1.54, 1.807) is 0 Å². The van der Waals surface area contributed by atoms with E-state index in [4.69, 9.17) is 0 Å². The Hall–Kier alpha value is -3.73. The molecule has 0 saturated heterocycles. The molecule has 0 atom stereocenters. The van der Waals surface area contributed by atoms with Gasteiger partial charge in [-0.25, -0.2) is 0 Å². The maximum Gasteiger partial charge on any atom is 0.0798 e. The van der Waals surface area contributed by atoms with Crippen LogP contribution in [0.2, 0.25) is 19.6 Å². The van der Waals surface area contributed by atoms with Crippen molar-refractivity contribution in [2.24, 2.45) is 5.92 Å². The number of benzene rings is 4. The summed E-state index contributed by atoms with van der Waals surface area (Å²) in [6, 6.07) is 44.4. The Morgan fingerprint density at radius 3 is 2.20 bits per heavy atom.